The van der Waals surface area contributed by atoms with E-state index in [2.05, 4.69) is 15.0 Å². The molecule has 0 N–H and O–H groups in total. The number of aromatic nitrogens is 3. The van der Waals surface area contributed by atoms with Gasteiger partial charge in [-0.2, -0.15) is 0 Å². The Morgan fingerprint density at radius 1 is 0.879 bits per heavy atom. The summed E-state index contributed by atoms with van der Waals surface area (Å²) < 4.78 is 5.00. The molecule has 7 nitrogen and oxygen atoms in total. The fourth-order valence-electron chi connectivity index (χ4n) is 3.43. The third-order valence-electron chi connectivity index (χ3n) is 5.40. The van der Waals surface area contributed by atoms with Crippen molar-refractivity contribution >= 4 is 29.1 Å². The lowest BCUT2D eigenvalue weighted by molar-refractivity contribution is -0.137. The van der Waals surface area contributed by atoms with Crippen LogP contribution in [0.1, 0.15) is 43.5 Å². The lowest BCUT2D eigenvalue weighted by atomic mass is 10.0. The van der Waals surface area contributed by atoms with Crippen LogP contribution in [-0.2, 0) is 16.0 Å². The third-order valence-corrected chi connectivity index (χ3v) is 5.40. The Kier molecular flexibility index (Phi) is 6.04. The van der Waals surface area contributed by atoms with E-state index in [0.29, 0.717) is 17.0 Å². The zero-order valence-corrected chi connectivity index (χ0v) is 18.5. The minimum absolute atomic E-state index is 0.127. The zero-order chi connectivity index (χ0) is 23.5. The smallest absolute Gasteiger partial charge is 0.345 e. The van der Waals surface area contributed by atoms with Crippen molar-refractivity contribution in [2.75, 3.05) is 0 Å². The first-order valence-corrected chi connectivity index (χ1v) is 10.3. The van der Waals surface area contributed by atoms with Crippen LogP contribution in [0.5, 0.6) is 0 Å². The van der Waals surface area contributed by atoms with Gasteiger partial charge in [-0.3, -0.25) is 24.5 Å². The Morgan fingerprint density at radius 3 is 2.33 bits per heavy atom. The van der Waals surface area contributed by atoms with Crippen LogP contribution in [0, 0.1) is 20.8 Å². The molecule has 0 spiro atoms. The van der Waals surface area contributed by atoms with Crippen molar-refractivity contribution in [1.29, 1.82) is 0 Å². The highest BCUT2D eigenvalue weighted by atomic mass is 16.6. The van der Waals surface area contributed by atoms with Gasteiger partial charge in [0.2, 0.25) is 0 Å². The molecule has 0 fully saturated rings. The molecule has 2 heterocycles. The molecule has 4 rings (SSSR count). The van der Waals surface area contributed by atoms with Gasteiger partial charge < -0.3 is 4.74 Å². The lowest BCUT2D eigenvalue weighted by Gasteiger charge is -2.08. The molecule has 0 bridgehead atoms. The van der Waals surface area contributed by atoms with E-state index in [0.717, 1.165) is 39.7 Å². The summed E-state index contributed by atoms with van der Waals surface area (Å²) in [5.41, 5.74) is 5.94. The highest BCUT2D eigenvalue weighted by Gasteiger charge is 2.17. The van der Waals surface area contributed by atoms with Gasteiger partial charge in [0, 0.05) is 22.7 Å². The van der Waals surface area contributed by atoms with Crippen molar-refractivity contribution in [2.45, 2.75) is 27.2 Å². The van der Waals surface area contributed by atoms with Crippen molar-refractivity contribution in [2.24, 2.45) is 0 Å². The SMILES string of the molecule is Cc1nc(C)c(CC(=O)OC(=O)c2ccc(-c3cnc4cc(C=O)ccc4c3)cc2)nc1C. The van der Waals surface area contributed by atoms with Crippen LogP contribution < -0.4 is 0 Å². The Bertz CT molecular complexity index is 1400. The molecule has 4 aromatic rings. The van der Waals surface area contributed by atoms with Gasteiger partial charge in [0.1, 0.15) is 6.29 Å². The van der Waals surface area contributed by atoms with Crippen LogP contribution in [0.3, 0.4) is 0 Å². The summed E-state index contributed by atoms with van der Waals surface area (Å²) >= 11 is 0. The third kappa shape index (κ3) is 4.82. The second kappa shape index (κ2) is 9.08. The van der Waals surface area contributed by atoms with E-state index in [4.69, 9.17) is 4.74 Å². The van der Waals surface area contributed by atoms with E-state index < -0.39 is 11.9 Å². The monoisotopic (exact) mass is 439 g/mol. The fraction of sp³-hybridized carbons (Fsp3) is 0.154. The molecule has 0 aliphatic heterocycles. The van der Waals surface area contributed by atoms with Gasteiger partial charge >= 0.3 is 11.9 Å². The number of aryl methyl sites for hydroxylation is 3. The van der Waals surface area contributed by atoms with E-state index in [1.807, 2.05) is 26.0 Å². The maximum atomic E-state index is 12.4. The number of rotatable bonds is 5. The number of nitrogens with zero attached hydrogens (tertiary/aromatic N) is 3. The average molecular weight is 439 g/mol. The summed E-state index contributed by atoms with van der Waals surface area (Å²) in [5.74, 6) is -1.41. The van der Waals surface area contributed by atoms with Gasteiger partial charge in [-0.15, -0.1) is 0 Å². The molecular weight excluding hydrogens is 418 g/mol. The number of pyridine rings is 1. The van der Waals surface area contributed by atoms with E-state index in [9.17, 15) is 14.4 Å². The van der Waals surface area contributed by atoms with E-state index in [1.165, 1.54) is 0 Å². The maximum absolute atomic E-state index is 12.4. The average Bonchev–Trinajstić information content (AvgIpc) is 2.81. The number of ether oxygens (including phenoxy) is 1. The quantitative estimate of drug-likeness (QED) is 0.259. The normalized spacial score (nSPS) is 10.8. The van der Waals surface area contributed by atoms with E-state index >= 15 is 0 Å². The predicted octanol–water partition coefficient (Wildman–Crippen LogP) is 4.36. The van der Waals surface area contributed by atoms with Crippen LogP contribution in [-0.4, -0.2) is 33.2 Å². The van der Waals surface area contributed by atoms with Crippen molar-refractivity contribution < 1.29 is 19.1 Å². The Hall–Kier alpha value is -4.26. The van der Waals surface area contributed by atoms with Gasteiger partial charge in [-0.25, -0.2) is 4.79 Å². The van der Waals surface area contributed by atoms with Gasteiger partial charge in [-0.1, -0.05) is 24.3 Å². The van der Waals surface area contributed by atoms with Crippen LogP contribution in [0.4, 0.5) is 0 Å². The number of esters is 2. The molecule has 0 saturated carbocycles. The molecule has 0 unspecified atom stereocenters. The highest BCUT2D eigenvalue weighted by molar-refractivity contribution is 5.97. The molecule has 164 valence electrons. The van der Waals surface area contributed by atoms with Crippen LogP contribution in [0.2, 0.25) is 0 Å². The Morgan fingerprint density at radius 2 is 1.61 bits per heavy atom. The van der Waals surface area contributed by atoms with E-state index in [1.54, 1.807) is 49.5 Å². The van der Waals surface area contributed by atoms with Crippen LogP contribution in [0.15, 0.2) is 54.7 Å². The van der Waals surface area contributed by atoms with Gasteiger partial charge in [0.05, 0.1) is 40.3 Å². The van der Waals surface area contributed by atoms with E-state index in [-0.39, 0.29) is 12.0 Å². The Balaban J connectivity index is 1.46. The van der Waals surface area contributed by atoms with Gasteiger partial charge in [-0.05, 0) is 50.6 Å². The second-order valence-electron chi connectivity index (χ2n) is 7.74. The molecule has 2 aromatic carbocycles. The summed E-state index contributed by atoms with van der Waals surface area (Å²) in [6.07, 6.45) is 2.37. The summed E-state index contributed by atoms with van der Waals surface area (Å²) in [5, 5.41) is 0.900. The number of benzene rings is 2. The maximum Gasteiger partial charge on any atom is 0.345 e. The number of fused-ring (bicyclic) bond motifs is 1. The first kappa shape index (κ1) is 22.0. The van der Waals surface area contributed by atoms with Crippen LogP contribution >= 0.6 is 0 Å². The number of carbonyl (C=O) groups excluding carboxylic acids is 3. The summed E-state index contributed by atoms with van der Waals surface area (Å²) in [7, 11) is 0. The molecule has 0 aliphatic carbocycles. The minimum Gasteiger partial charge on any atom is -0.389 e. The molecular formula is C26H21N3O4. The first-order chi connectivity index (χ1) is 15.8. The summed E-state index contributed by atoms with van der Waals surface area (Å²) in [4.78, 5) is 48.7. The fourth-order valence-corrected chi connectivity index (χ4v) is 3.43. The largest absolute Gasteiger partial charge is 0.389 e. The standard InChI is InChI=1S/C26H21N3O4/c1-15-16(2)29-23(17(3)28-15)12-25(31)33-26(32)20-8-6-19(7-9-20)22-11-21-5-4-18(14-30)10-24(21)27-13-22/h4-11,13-14H,12H2,1-3H3. The lowest BCUT2D eigenvalue weighted by Crippen LogP contribution is -2.16. The van der Waals surface area contributed by atoms with Gasteiger partial charge in [0.25, 0.3) is 0 Å². The molecule has 2 aromatic heterocycles. The molecule has 0 amide bonds. The van der Waals surface area contributed by atoms with Crippen molar-refractivity contribution in [3.8, 4) is 11.1 Å². The van der Waals surface area contributed by atoms with Crippen molar-refractivity contribution in [3.63, 3.8) is 0 Å². The van der Waals surface area contributed by atoms with Crippen molar-refractivity contribution in [3.05, 3.63) is 88.6 Å². The first-order valence-electron chi connectivity index (χ1n) is 10.3. The molecule has 33 heavy (non-hydrogen) atoms. The number of aldehydes is 1. The molecule has 0 aliphatic rings. The Labute approximate surface area is 190 Å². The van der Waals surface area contributed by atoms with Crippen molar-refractivity contribution in [1.82, 2.24) is 15.0 Å². The topological polar surface area (TPSA) is 99.1 Å². The van der Waals surface area contributed by atoms with Gasteiger partial charge in [0.15, 0.2) is 0 Å². The number of carbonyl (C=O) groups is 3. The highest BCUT2D eigenvalue weighted by Crippen LogP contribution is 2.24. The number of hydrogen-bond acceptors (Lipinski definition) is 7. The summed E-state index contributed by atoms with van der Waals surface area (Å²) in [6, 6.07) is 14.0. The summed E-state index contributed by atoms with van der Waals surface area (Å²) in [6.45, 7) is 5.43. The zero-order valence-electron chi connectivity index (χ0n) is 18.5. The molecule has 0 atom stereocenters. The minimum atomic E-state index is -0.723. The second-order valence-corrected chi connectivity index (χ2v) is 7.74. The number of hydrogen-bond donors (Lipinski definition) is 0. The van der Waals surface area contributed by atoms with Crippen LogP contribution in [0.25, 0.3) is 22.0 Å². The molecule has 0 radical (unpaired) electrons. The predicted molar refractivity (Wildman–Crippen MR) is 123 cm³/mol. The molecule has 0 saturated heterocycles. The molecule has 7 heteroatoms.